The Hall–Kier alpha value is -3.67. The molecule has 0 aromatic heterocycles. The van der Waals surface area contributed by atoms with Crippen LogP contribution in [0.4, 0.5) is 0 Å². The number of hydrogen-bond donors (Lipinski definition) is 0. The zero-order valence-electron chi connectivity index (χ0n) is 54.9. The third-order valence-corrected chi connectivity index (χ3v) is 15.5. The summed E-state index contributed by atoms with van der Waals surface area (Å²) < 4.78 is 17.0. The summed E-state index contributed by atoms with van der Waals surface area (Å²) in [6, 6.07) is 0. The summed E-state index contributed by atoms with van der Waals surface area (Å²) in [6.07, 6.45) is 95.7. The second-order valence-corrected chi connectivity index (χ2v) is 23.8. The molecule has 0 aliphatic heterocycles. The lowest BCUT2D eigenvalue weighted by Gasteiger charge is -2.18. The van der Waals surface area contributed by atoms with Gasteiger partial charge in [-0.15, -0.1) is 0 Å². The molecule has 0 rings (SSSR count). The summed E-state index contributed by atoms with van der Waals surface area (Å²) in [7, 11) is 0. The van der Waals surface area contributed by atoms with Gasteiger partial charge in [0.25, 0.3) is 0 Å². The smallest absolute Gasteiger partial charge is 0.306 e. The molecular weight excluding hydrogens is 1020 g/mol. The Labute approximate surface area is 515 Å². The van der Waals surface area contributed by atoms with Crippen molar-refractivity contribution in [2.24, 2.45) is 0 Å². The molecule has 0 saturated heterocycles. The van der Waals surface area contributed by atoms with E-state index in [1.807, 2.05) is 0 Å². The van der Waals surface area contributed by atoms with Crippen LogP contribution in [0.15, 0.2) is 97.2 Å². The van der Waals surface area contributed by atoms with E-state index >= 15 is 0 Å². The summed E-state index contributed by atoms with van der Waals surface area (Å²) in [6.45, 7) is 6.53. The Morgan fingerprint density at radius 1 is 0.253 bits per heavy atom. The van der Waals surface area contributed by atoms with E-state index in [4.69, 9.17) is 14.2 Å². The molecule has 0 spiro atoms. The molecule has 0 aromatic rings. The monoisotopic (exact) mass is 1160 g/mol. The molecule has 478 valence electrons. The molecule has 0 aliphatic rings. The van der Waals surface area contributed by atoms with Crippen LogP contribution in [0.3, 0.4) is 0 Å². The van der Waals surface area contributed by atoms with Crippen molar-refractivity contribution in [2.75, 3.05) is 13.2 Å². The van der Waals surface area contributed by atoms with E-state index in [1.165, 1.54) is 199 Å². The van der Waals surface area contributed by atoms with Crippen LogP contribution in [0.25, 0.3) is 0 Å². The molecule has 6 heteroatoms. The molecule has 1 atom stereocenters. The number of ether oxygens (including phenoxy) is 3. The van der Waals surface area contributed by atoms with Crippen molar-refractivity contribution in [1.29, 1.82) is 0 Å². The second kappa shape index (κ2) is 70.8. The minimum Gasteiger partial charge on any atom is -0.462 e. The first-order valence-electron chi connectivity index (χ1n) is 35.7. The summed E-state index contributed by atoms with van der Waals surface area (Å²) in [5, 5.41) is 0. The van der Waals surface area contributed by atoms with E-state index in [0.29, 0.717) is 19.3 Å². The minimum absolute atomic E-state index is 0.0853. The Kier molecular flexibility index (Phi) is 67.7. The number of carbonyl (C=O) groups excluding carboxylic acids is 3. The highest BCUT2D eigenvalue weighted by molar-refractivity contribution is 5.71. The maximum atomic E-state index is 13.0. The van der Waals surface area contributed by atoms with Crippen molar-refractivity contribution in [2.45, 2.75) is 361 Å². The highest BCUT2D eigenvalue weighted by Crippen LogP contribution is 2.17. The van der Waals surface area contributed by atoms with Crippen molar-refractivity contribution in [3.05, 3.63) is 97.2 Å². The third-order valence-electron chi connectivity index (χ3n) is 15.5. The lowest BCUT2D eigenvalue weighted by atomic mass is 10.0. The van der Waals surface area contributed by atoms with E-state index in [2.05, 4.69) is 118 Å². The Bertz CT molecular complexity index is 1610. The number of hydrogen-bond acceptors (Lipinski definition) is 6. The number of allylic oxidation sites excluding steroid dienone is 16. The van der Waals surface area contributed by atoms with Gasteiger partial charge in [-0.2, -0.15) is 0 Å². The first kappa shape index (κ1) is 79.3. The van der Waals surface area contributed by atoms with Gasteiger partial charge in [-0.25, -0.2) is 0 Å². The molecule has 0 N–H and O–H groups in total. The SMILES string of the molecule is CC/C=C\C/C=C\C/C=C\C/C=C\C/C=C\CCCCCCCC(=O)OC(COC(=O)CCCCCCCCCCC/C=C\C/C=C\CCCCC)COC(=O)CCCCCCCCCCCCCCC/C=C\CCCCCCCCCC. The van der Waals surface area contributed by atoms with Gasteiger partial charge in [0.15, 0.2) is 6.10 Å². The molecule has 1 unspecified atom stereocenters. The molecule has 0 aromatic carbocycles. The van der Waals surface area contributed by atoms with Gasteiger partial charge in [-0.3, -0.25) is 14.4 Å². The zero-order chi connectivity index (χ0) is 59.9. The van der Waals surface area contributed by atoms with Crippen molar-refractivity contribution >= 4 is 17.9 Å². The first-order chi connectivity index (χ1) is 41.0. The fraction of sp³-hybridized carbons (Fsp3) is 0.753. The van der Waals surface area contributed by atoms with Crippen LogP contribution >= 0.6 is 0 Å². The van der Waals surface area contributed by atoms with Crippen LogP contribution in [0, 0.1) is 0 Å². The van der Waals surface area contributed by atoms with Gasteiger partial charge < -0.3 is 14.2 Å². The number of esters is 3. The highest BCUT2D eigenvalue weighted by Gasteiger charge is 2.19. The number of carbonyl (C=O) groups is 3. The maximum Gasteiger partial charge on any atom is 0.306 e. The van der Waals surface area contributed by atoms with Crippen LogP contribution in [-0.4, -0.2) is 37.2 Å². The Morgan fingerprint density at radius 2 is 0.470 bits per heavy atom. The third kappa shape index (κ3) is 69.0. The fourth-order valence-electron chi connectivity index (χ4n) is 10.2. The lowest BCUT2D eigenvalue weighted by Crippen LogP contribution is -2.30. The Morgan fingerprint density at radius 3 is 0.771 bits per heavy atom. The molecule has 83 heavy (non-hydrogen) atoms. The molecule has 6 nitrogen and oxygen atoms in total. The fourth-order valence-corrected chi connectivity index (χ4v) is 10.2. The maximum absolute atomic E-state index is 13.0. The minimum atomic E-state index is -0.793. The molecule has 0 radical (unpaired) electrons. The van der Waals surface area contributed by atoms with Crippen molar-refractivity contribution in [3.63, 3.8) is 0 Å². The van der Waals surface area contributed by atoms with Gasteiger partial charge >= 0.3 is 17.9 Å². The Balaban J connectivity index is 4.38. The predicted octanol–water partition coefficient (Wildman–Crippen LogP) is 24.8. The number of unbranched alkanes of at least 4 members (excludes halogenated alkanes) is 38. The van der Waals surface area contributed by atoms with Crippen molar-refractivity contribution in [3.8, 4) is 0 Å². The van der Waals surface area contributed by atoms with Crippen molar-refractivity contribution < 1.29 is 28.6 Å². The van der Waals surface area contributed by atoms with E-state index in [0.717, 1.165) is 116 Å². The average molecular weight is 1160 g/mol. The summed E-state index contributed by atoms with van der Waals surface area (Å²) in [5.41, 5.74) is 0. The molecule has 0 bridgehead atoms. The zero-order valence-corrected chi connectivity index (χ0v) is 54.9. The quantitative estimate of drug-likeness (QED) is 0.0261. The van der Waals surface area contributed by atoms with E-state index in [9.17, 15) is 14.4 Å². The van der Waals surface area contributed by atoms with E-state index in [-0.39, 0.29) is 31.1 Å². The normalized spacial score (nSPS) is 12.7. The van der Waals surface area contributed by atoms with Crippen LogP contribution < -0.4 is 0 Å². The largest absolute Gasteiger partial charge is 0.462 e. The lowest BCUT2D eigenvalue weighted by molar-refractivity contribution is -0.167. The second-order valence-electron chi connectivity index (χ2n) is 23.8. The van der Waals surface area contributed by atoms with Gasteiger partial charge in [-0.1, -0.05) is 311 Å². The molecule has 0 fully saturated rings. The molecular formula is C77H134O6. The summed E-state index contributed by atoms with van der Waals surface area (Å²) in [5.74, 6) is -0.892. The van der Waals surface area contributed by atoms with Crippen molar-refractivity contribution in [1.82, 2.24) is 0 Å². The summed E-state index contributed by atoms with van der Waals surface area (Å²) in [4.78, 5) is 38.5. The predicted molar refractivity (Wildman–Crippen MR) is 362 cm³/mol. The molecule has 0 saturated carbocycles. The topological polar surface area (TPSA) is 78.9 Å². The molecule has 0 amide bonds. The molecule has 0 heterocycles. The van der Waals surface area contributed by atoms with E-state index in [1.54, 1.807) is 0 Å². The van der Waals surface area contributed by atoms with E-state index < -0.39 is 6.10 Å². The van der Waals surface area contributed by atoms with Gasteiger partial charge in [-0.05, 0) is 122 Å². The first-order valence-corrected chi connectivity index (χ1v) is 35.7. The van der Waals surface area contributed by atoms with Crippen LogP contribution in [0.1, 0.15) is 355 Å². The van der Waals surface area contributed by atoms with Gasteiger partial charge in [0.1, 0.15) is 13.2 Å². The average Bonchev–Trinajstić information content (AvgIpc) is 3.50. The van der Waals surface area contributed by atoms with Gasteiger partial charge in [0.05, 0.1) is 0 Å². The molecule has 0 aliphatic carbocycles. The number of rotatable bonds is 65. The standard InChI is InChI=1S/C77H134O6/c1-4-7-10-13-16-19-22-25-28-31-34-36-37-38-39-41-43-46-49-52-55-58-61-64-67-70-76(79)82-73-74(72-81-75(78)69-66-63-60-57-54-51-48-45-42-33-30-27-24-21-18-15-12-9-6-3)83-77(80)71-68-65-62-59-56-53-50-47-44-40-35-32-29-26-23-20-17-14-11-8-5-2/h8,11,17-18,20-21,26-27,29-31,34-35,40,47,50,74H,4-7,9-10,12-16,19,22-25,28,32-33,36-39,41-46,48-49,51-73H2,1-3H3/b11-8-,20-17-,21-18-,29-26-,30-27-,34-31-,40-35-,50-47-. The van der Waals surface area contributed by atoms with Gasteiger partial charge in [0, 0.05) is 19.3 Å². The summed E-state index contributed by atoms with van der Waals surface area (Å²) >= 11 is 0. The van der Waals surface area contributed by atoms with Crippen LogP contribution in [-0.2, 0) is 28.6 Å². The highest BCUT2D eigenvalue weighted by atomic mass is 16.6. The van der Waals surface area contributed by atoms with Gasteiger partial charge in [0.2, 0.25) is 0 Å². The van der Waals surface area contributed by atoms with Crippen LogP contribution in [0.2, 0.25) is 0 Å². The van der Waals surface area contributed by atoms with Crippen LogP contribution in [0.5, 0.6) is 0 Å².